The van der Waals surface area contributed by atoms with E-state index in [1.165, 1.54) is 11.1 Å². The highest BCUT2D eigenvalue weighted by atomic mass is 16.5. The molecule has 0 fully saturated rings. The minimum Gasteiger partial charge on any atom is -0.496 e. The SMILES string of the molecule is COc1cc2c(cc1C(C)C)CC2C#N. The molecule has 0 saturated heterocycles. The lowest BCUT2D eigenvalue weighted by Gasteiger charge is -2.27. The van der Waals surface area contributed by atoms with Crippen molar-refractivity contribution in [2.24, 2.45) is 0 Å². The van der Waals surface area contributed by atoms with E-state index in [-0.39, 0.29) is 5.92 Å². The number of nitrogens with zero attached hydrogens (tertiary/aromatic N) is 1. The van der Waals surface area contributed by atoms with E-state index in [9.17, 15) is 0 Å². The van der Waals surface area contributed by atoms with Crippen molar-refractivity contribution in [3.8, 4) is 11.8 Å². The molecule has 15 heavy (non-hydrogen) atoms. The first-order valence-electron chi connectivity index (χ1n) is 5.27. The molecule has 2 heteroatoms. The number of hydrogen-bond donors (Lipinski definition) is 0. The van der Waals surface area contributed by atoms with Crippen molar-refractivity contribution >= 4 is 0 Å². The number of hydrogen-bond acceptors (Lipinski definition) is 2. The fraction of sp³-hybridized carbons (Fsp3) is 0.462. The highest BCUT2D eigenvalue weighted by molar-refractivity contribution is 5.52. The summed E-state index contributed by atoms with van der Waals surface area (Å²) in [6, 6.07) is 6.52. The molecule has 0 aliphatic heterocycles. The summed E-state index contributed by atoms with van der Waals surface area (Å²) in [4.78, 5) is 0. The van der Waals surface area contributed by atoms with E-state index in [2.05, 4.69) is 26.0 Å². The predicted octanol–water partition coefficient (Wildman–Crippen LogP) is 2.98. The first-order chi connectivity index (χ1) is 7.17. The van der Waals surface area contributed by atoms with Gasteiger partial charge in [0, 0.05) is 0 Å². The summed E-state index contributed by atoms with van der Waals surface area (Å²) >= 11 is 0. The molecule has 2 nitrogen and oxygen atoms in total. The van der Waals surface area contributed by atoms with Gasteiger partial charge >= 0.3 is 0 Å². The number of nitriles is 1. The Balaban J connectivity index is 2.46. The molecule has 0 amide bonds. The zero-order valence-electron chi connectivity index (χ0n) is 9.37. The van der Waals surface area contributed by atoms with Gasteiger partial charge in [0.25, 0.3) is 0 Å². The Morgan fingerprint density at radius 3 is 2.73 bits per heavy atom. The minimum absolute atomic E-state index is 0.0788. The van der Waals surface area contributed by atoms with Crippen molar-refractivity contribution < 1.29 is 4.74 Å². The molecule has 0 radical (unpaired) electrons. The zero-order valence-corrected chi connectivity index (χ0v) is 9.37. The summed E-state index contributed by atoms with van der Waals surface area (Å²) in [5.41, 5.74) is 3.71. The van der Waals surface area contributed by atoms with E-state index >= 15 is 0 Å². The molecule has 1 unspecified atom stereocenters. The fourth-order valence-electron chi connectivity index (χ4n) is 2.10. The van der Waals surface area contributed by atoms with E-state index in [0.29, 0.717) is 5.92 Å². The lowest BCUT2D eigenvalue weighted by molar-refractivity contribution is 0.405. The van der Waals surface area contributed by atoms with Gasteiger partial charge in [-0.2, -0.15) is 5.26 Å². The molecular formula is C13H15NO. The average molecular weight is 201 g/mol. The topological polar surface area (TPSA) is 33.0 Å². The molecule has 1 atom stereocenters. The van der Waals surface area contributed by atoms with Gasteiger partial charge in [0.05, 0.1) is 19.1 Å². The van der Waals surface area contributed by atoms with Crippen molar-refractivity contribution in [2.45, 2.75) is 32.1 Å². The molecule has 0 spiro atoms. The summed E-state index contributed by atoms with van der Waals surface area (Å²) in [6.07, 6.45) is 0.898. The summed E-state index contributed by atoms with van der Waals surface area (Å²) in [5, 5.41) is 8.88. The Hall–Kier alpha value is -1.49. The average Bonchev–Trinajstić information content (AvgIpc) is 2.19. The van der Waals surface area contributed by atoms with Crippen LogP contribution in [-0.2, 0) is 6.42 Å². The van der Waals surface area contributed by atoms with Crippen molar-refractivity contribution in [3.05, 3.63) is 28.8 Å². The quantitative estimate of drug-likeness (QED) is 0.737. The van der Waals surface area contributed by atoms with Crippen molar-refractivity contribution in [1.82, 2.24) is 0 Å². The Morgan fingerprint density at radius 2 is 2.20 bits per heavy atom. The summed E-state index contributed by atoms with van der Waals surface area (Å²) < 4.78 is 5.36. The lowest BCUT2D eigenvalue weighted by atomic mass is 9.76. The summed E-state index contributed by atoms with van der Waals surface area (Å²) in [6.45, 7) is 4.31. The van der Waals surface area contributed by atoms with Crippen molar-refractivity contribution in [3.63, 3.8) is 0 Å². The van der Waals surface area contributed by atoms with Crippen molar-refractivity contribution in [2.75, 3.05) is 7.11 Å². The molecule has 0 heterocycles. The van der Waals surface area contributed by atoms with Crippen LogP contribution in [0.25, 0.3) is 0 Å². The number of fused-ring (bicyclic) bond motifs is 1. The molecule has 2 rings (SSSR count). The van der Waals surface area contributed by atoms with Crippen LogP contribution in [0.15, 0.2) is 12.1 Å². The van der Waals surface area contributed by atoms with Crippen LogP contribution in [0, 0.1) is 11.3 Å². The van der Waals surface area contributed by atoms with Crippen LogP contribution in [0.4, 0.5) is 0 Å². The zero-order chi connectivity index (χ0) is 11.0. The molecule has 0 N–H and O–H groups in total. The molecule has 0 aromatic heterocycles. The number of ether oxygens (including phenoxy) is 1. The maximum atomic E-state index is 8.88. The highest BCUT2D eigenvalue weighted by Gasteiger charge is 2.28. The van der Waals surface area contributed by atoms with Crippen LogP contribution >= 0.6 is 0 Å². The minimum atomic E-state index is 0.0788. The smallest absolute Gasteiger partial charge is 0.122 e. The van der Waals surface area contributed by atoms with Gasteiger partial charge in [0.15, 0.2) is 0 Å². The fourth-order valence-corrected chi connectivity index (χ4v) is 2.10. The normalized spacial score (nSPS) is 17.9. The molecule has 0 saturated carbocycles. The highest BCUT2D eigenvalue weighted by Crippen LogP contribution is 2.40. The largest absolute Gasteiger partial charge is 0.496 e. The van der Waals surface area contributed by atoms with Crippen LogP contribution in [0.5, 0.6) is 5.75 Å². The standard InChI is InChI=1S/C13H15NO/c1-8(2)11-5-9-4-10(7-14)12(9)6-13(11)15-3/h5-6,8,10H,4H2,1-3H3. The van der Waals surface area contributed by atoms with E-state index in [1.54, 1.807) is 7.11 Å². The molecule has 0 bridgehead atoms. The van der Waals surface area contributed by atoms with Gasteiger partial charge in [0.1, 0.15) is 5.75 Å². The van der Waals surface area contributed by atoms with E-state index in [4.69, 9.17) is 10.00 Å². The Kier molecular flexibility index (Phi) is 2.40. The maximum absolute atomic E-state index is 8.88. The van der Waals surface area contributed by atoms with Crippen LogP contribution < -0.4 is 4.74 Å². The van der Waals surface area contributed by atoms with Gasteiger partial charge in [-0.3, -0.25) is 0 Å². The van der Waals surface area contributed by atoms with Crippen LogP contribution in [-0.4, -0.2) is 7.11 Å². The van der Waals surface area contributed by atoms with E-state index in [1.807, 2.05) is 6.07 Å². The second-order valence-corrected chi connectivity index (χ2v) is 4.33. The summed E-state index contributed by atoms with van der Waals surface area (Å²) in [5.74, 6) is 1.46. The Labute approximate surface area is 90.5 Å². The number of methoxy groups -OCH3 is 1. The number of rotatable bonds is 2. The van der Waals surface area contributed by atoms with Crippen LogP contribution in [0.3, 0.4) is 0 Å². The molecule has 1 aliphatic rings. The van der Waals surface area contributed by atoms with Gasteiger partial charge in [-0.1, -0.05) is 19.9 Å². The molecule has 78 valence electrons. The van der Waals surface area contributed by atoms with E-state index in [0.717, 1.165) is 17.7 Å². The third kappa shape index (κ3) is 1.48. The third-order valence-electron chi connectivity index (χ3n) is 3.07. The molecule has 1 aromatic carbocycles. The van der Waals surface area contributed by atoms with Gasteiger partial charge in [-0.05, 0) is 35.1 Å². The second kappa shape index (κ2) is 3.58. The first-order valence-corrected chi connectivity index (χ1v) is 5.27. The van der Waals surface area contributed by atoms with Gasteiger partial charge in [-0.25, -0.2) is 0 Å². The van der Waals surface area contributed by atoms with Gasteiger partial charge in [-0.15, -0.1) is 0 Å². The van der Waals surface area contributed by atoms with Gasteiger partial charge < -0.3 is 4.74 Å². The van der Waals surface area contributed by atoms with E-state index < -0.39 is 0 Å². The third-order valence-corrected chi connectivity index (χ3v) is 3.07. The second-order valence-electron chi connectivity index (χ2n) is 4.33. The maximum Gasteiger partial charge on any atom is 0.122 e. The first kappa shape index (κ1) is 10.0. The Morgan fingerprint density at radius 1 is 1.47 bits per heavy atom. The van der Waals surface area contributed by atoms with Crippen molar-refractivity contribution in [1.29, 1.82) is 5.26 Å². The lowest BCUT2D eigenvalue weighted by Crippen LogP contribution is -2.16. The van der Waals surface area contributed by atoms with Crippen LogP contribution in [0.1, 0.15) is 42.4 Å². The monoisotopic (exact) mass is 201 g/mol. The molecule has 1 aliphatic carbocycles. The number of benzene rings is 1. The molecular weight excluding hydrogens is 186 g/mol. The van der Waals surface area contributed by atoms with Crippen LogP contribution in [0.2, 0.25) is 0 Å². The predicted molar refractivity (Wildman–Crippen MR) is 59.1 cm³/mol. The Bertz CT molecular complexity index is 429. The summed E-state index contributed by atoms with van der Waals surface area (Å²) in [7, 11) is 1.69. The molecule has 1 aromatic rings. The van der Waals surface area contributed by atoms with Gasteiger partial charge in [0.2, 0.25) is 0 Å².